The number of aromatic nitrogens is 4. The summed E-state index contributed by atoms with van der Waals surface area (Å²) in [5.74, 6) is 0. The summed E-state index contributed by atoms with van der Waals surface area (Å²) in [6.45, 7) is 0. The molecule has 0 N–H and O–H groups in total. The standard InChI is InChI=1S/C31H18N4/c1-2-6-21-17(5-1)13-18-9-10-19-14-20-15-26-25(16-24(20)28(19)27(18)21)34-31-23-8-3-11-32-29(23)22-7-4-12-33-30(22)35(26)31/h1-12,15-16H,13-14H2. The Morgan fingerprint density at radius 2 is 1.34 bits per heavy atom. The molecule has 0 saturated heterocycles. The second-order valence-corrected chi connectivity index (χ2v) is 9.69. The molecule has 7 aromatic rings. The van der Waals surface area contributed by atoms with Gasteiger partial charge in [0.25, 0.3) is 0 Å². The van der Waals surface area contributed by atoms with Gasteiger partial charge in [-0.3, -0.25) is 9.38 Å². The van der Waals surface area contributed by atoms with Gasteiger partial charge >= 0.3 is 0 Å². The van der Waals surface area contributed by atoms with Crippen LogP contribution in [0.5, 0.6) is 0 Å². The Labute approximate surface area is 200 Å². The first kappa shape index (κ1) is 17.8. The van der Waals surface area contributed by atoms with Gasteiger partial charge in [-0.05, 0) is 93.7 Å². The first-order chi connectivity index (χ1) is 17.3. The average molecular weight is 447 g/mol. The molecule has 2 aliphatic rings. The van der Waals surface area contributed by atoms with Gasteiger partial charge in [-0.1, -0.05) is 36.4 Å². The number of imidazole rings is 1. The molecule has 9 rings (SSSR count). The third-order valence-corrected chi connectivity index (χ3v) is 7.88. The average Bonchev–Trinajstić information content (AvgIpc) is 3.58. The highest BCUT2D eigenvalue weighted by Crippen LogP contribution is 2.49. The topological polar surface area (TPSA) is 43.1 Å². The minimum Gasteiger partial charge on any atom is -0.276 e. The van der Waals surface area contributed by atoms with Crippen molar-refractivity contribution in [1.82, 2.24) is 19.4 Å². The fourth-order valence-electron chi connectivity index (χ4n) is 6.43. The number of pyridine rings is 3. The number of fused-ring (bicyclic) bond motifs is 15. The predicted molar refractivity (Wildman–Crippen MR) is 140 cm³/mol. The van der Waals surface area contributed by atoms with Gasteiger partial charge in [0.2, 0.25) is 0 Å². The Bertz CT molecular complexity index is 2070. The van der Waals surface area contributed by atoms with Crippen molar-refractivity contribution >= 4 is 38.6 Å². The van der Waals surface area contributed by atoms with Crippen LogP contribution in [0.2, 0.25) is 0 Å². The van der Waals surface area contributed by atoms with Gasteiger partial charge in [-0.2, -0.15) is 0 Å². The van der Waals surface area contributed by atoms with Gasteiger partial charge in [0.15, 0.2) is 0 Å². The maximum absolute atomic E-state index is 5.16. The normalized spacial score (nSPS) is 13.5. The molecule has 4 aromatic heterocycles. The van der Waals surface area contributed by atoms with E-state index >= 15 is 0 Å². The molecule has 4 heterocycles. The van der Waals surface area contributed by atoms with E-state index in [4.69, 9.17) is 9.97 Å². The van der Waals surface area contributed by atoms with Crippen molar-refractivity contribution in [2.24, 2.45) is 0 Å². The SMILES string of the molecule is c1ccc2c(c1)Cc1ccc3c(c1-2)-c1cc2nc4c5cccnc5c5cccnc5n4c2cc1C3. The first-order valence-electron chi connectivity index (χ1n) is 12.0. The molecule has 0 atom stereocenters. The van der Waals surface area contributed by atoms with Crippen molar-refractivity contribution in [3.8, 4) is 22.3 Å². The Kier molecular flexibility index (Phi) is 3.11. The Morgan fingerprint density at radius 3 is 2.23 bits per heavy atom. The lowest BCUT2D eigenvalue weighted by Gasteiger charge is -2.10. The Balaban J connectivity index is 1.41. The van der Waals surface area contributed by atoms with Crippen LogP contribution in [-0.2, 0) is 12.8 Å². The Morgan fingerprint density at radius 1 is 0.600 bits per heavy atom. The van der Waals surface area contributed by atoms with Crippen LogP contribution in [0.25, 0.3) is 60.9 Å². The van der Waals surface area contributed by atoms with Gasteiger partial charge in [0.05, 0.1) is 16.6 Å². The van der Waals surface area contributed by atoms with E-state index in [2.05, 4.69) is 70.0 Å². The number of benzene rings is 3. The van der Waals surface area contributed by atoms with Gasteiger partial charge in [0, 0.05) is 23.2 Å². The number of nitrogens with zero attached hydrogens (tertiary/aromatic N) is 4. The van der Waals surface area contributed by atoms with Crippen molar-refractivity contribution in [3.05, 3.63) is 107 Å². The summed E-state index contributed by atoms with van der Waals surface area (Å²) in [6, 6.07) is 26.3. The molecule has 162 valence electrons. The van der Waals surface area contributed by atoms with E-state index in [1.807, 2.05) is 24.5 Å². The molecule has 0 spiro atoms. The third kappa shape index (κ3) is 2.15. The van der Waals surface area contributed by atoms with E-state index in [-0.39, 0.29) is 0 Å². The van der Waals surface area contributed by atoms with Gasteiger partial charge < -0.3 is 0 Å². The molecule has 0 radical (unpaired) electrons. The number of rotatable bonds is 0. The molecule has 0 aliphatic heterocycles. The number of hydrogen-bond donors (Lipinski definition) is 0. The van der Waals surface area contributed by atoms with Crippen molar-refractivity contribution in [2.75, 3.05) is 0 Å². The minimum atomic E-state index is 0.904. The Hall–Kier alpha value is -4.57. The molecule has 3 aromatic carbocycles. The molecule has 4 nitrogen and oxygen atoms in total. The van der Waals surface area contributed by atoms with Gasteiger partial charge in [-0.15, -0.1) is 0 Å². The molecule has 0 fully saturated rings. The molecular weight excluding hydrogens is 428 g/mol. The summed E-state index contributed by atoms with van der Waals surface area (Å²) in [4.78, 5) is 14.6. The van der Waals surface area contributed by atoms with E-state index in [1.165, 1.54) is 44.5 Å². The number of hydrogen-bond acceptors (Lipinski definition) is 3. The molecule has 0 amide bonds. The van der Waals surface area contributed by atoms with Crippen LogP contribution in [0.15, 0.2) is 85.2 Å². The molecule has 2 aliphatic carbocycles. The second kappa shape index (κ2) is 6.10. The van der Waals surface area contributed by atoms with Crippen molar-refractivity contribution in [1.29, 1.82) is 0 Å². The molecule has 0 unspecified atom stereocenters. The highest BCUT2D eigenvalue weighted by molar-refractivity contribution is 6.11. The van der Waals surface area contributed by atoms with Crippen LogP contribution in [0.3, 0.4) is 0 Å². The zero-order valence-corrected chi connectivity index (χ0v) is 18.8. The van der Waals surface area contributed by atoms with E-state index in [1.54, 1.807) is 0 Å². The maximum Gasteiger partial charge on any atom is 0.149 e. The highest BCUT2D eigenvalue weighted by Gasteiger charge is 2.29. The van der Waals surface area contributed by atoms with Crippen molar-refractivity contribution in [2.45, 2.75) is 12.8 Å². The van der Waals surface area contributed by atoms with Crippen LogP contribution in [0.1, 0.15) is 22.3 Å². The lowest BCUT2D eigenvalue weighted by molar-refractivity contribution is 1.21. The second-order valence-electron chi connectivity index (χ2n) is 9.69. The van der Waals surface area contributed by atoms with Crippen LogP contribution in [-0.4, -0.2) is 19.4 Å². The maximum atomic E-state index is 5.16. The molecule has 0 saturated carbocycles. The fourth-order valence-corrected chi connectivity index (χ4v) is 6.43. The summed E-state index contributed by atoms with van der Waals surface area (Å²) in [5, 5.41) is 2.10. The third-order valence-electron chi connectivity index (χ3n) is 7.88. The van der Waals surface area contributed by atoms with Crippen molar-refractivity contribution in [3.63, 3.8) is 0 Å². The zero-order valence-electron chi connectivity index (χ0n) is 18.8. The van der Waals surface area contributed by atoms with Crippen LogP contribution in [0, 0.1) is 0 Å². The van der Waals surface area contributed by atoms with E-state index in [0.717, 1.165) is 51.5 Å². The first-order valence-corrected chi connectivity index (χ1v) is 12.0. The monoisotopic (exact) mass is 446 g/mol. The smallest absolute Gasteiger partial charge is 0.149 e. The summed E-state index contributed by atoms with van der Waals surface area (Å²) < 4.78 is 2.22. The van der Waals surface area contributed by atoms with E-state index in [9.17, 15) is 0 Å². The summed E-state index contributed by atoms with van der Waals surface area (Å²) in [5.41, 5.74) is 16.0. The van der Waals surface area contributed by atoms with Crippen LogP contribution >= 0.6 is 0 Å². The summed E-state index contributed by atoms with van der Waals surface area (Å²) in [6.07, 6.45) is 5.66. The molecule has 4 heteroatoms. The van der Waals surface area contributed by atoms with Gasteiger partial charge in [-0.25, -0.2) is 9.97 Å². The molecule has 35 heavy (non-hydrogen) atoms. The fraction of sp³-hybridized carbons (Fsp3) is 0.0645. The summed E-state index contributed by atoms with van der Waals surface area (Å²) in [7, 11) is 0. The molecule has 0 bridgehead atoms. The van der Waals surface area contributed by atoms with Crippen LogP contribution in [0.4, 0.5) is 0 Å². The highest BCUT2D eigenvalue weighted by atomic mass is 15.1. The molecular formula is C31H18N4. The van der Waals surface area contributed by atoms with Gasteiger partial charge in [0.1, 0.15) is 11.3 Å². The van der Waals surface area contributed by atoms with E-state index in [0.29, 0.717) is 0 Å². The lowest BCUT2D eigenvalue weighted by atomic mass is 9.94. The largest absolute Gasteiger partial charge is 0.276 e. The predicted octanol–water partition coefficient (Wildman–Crippen LogP) is 6.73. The summed E-state index contributed by atoms with van der Waals surface area (Å²) >= 11 is 0. The lowest BCUT2D eigenvalue weighted by Crippen LogP contribution is -1.95. The van der Waals surface area contributed by atoms with Crippen molar-refractivity contribution < 1.29 is 0 Å². The van der Waals surface area contributed by atoms with E-state index < -0.39 is 0 Å². The van der Waals surface area contributed by atoms with Crippen LogP contribution < -0.4 is 0 Å². The quantitative estimate of drug-likeness (QED) is 0.243. The zero-order chi connectivity index (χ0) is 22.7. The minimum absolute atomic E-state index is 0.904.